The molecule has 2 aromatic heterocycles. The van der Waals surface area contributed by atoms with Crippen LogP contribution in [0.4, 0.5) is 19.0 Å². The first-order chi connectivity index (χ1) is 12.2. The maximum absolute atomic E-state index is 12.7. The molecule has 2 rings (SSSR count). The number of aromatic nitrogens is 2. The number of nitrogens with zero attached hydrogens (tertiary/aromatic N) is 2. The van der Waals surface area contributed by atoms with E-state index in [4.69, 9.17) is 21.1 Å². The quantitative estimate of drug-likeness (QED) is 0.492. The molecule has 144 valence electrons. The van der Waals surface area contributed by atoms with Gasteiger partial charge in [-0.15, -0.1) is 0 Å². The summed E-state index contributed by atoms with van der Waals surface area (Å²) in [6, 6.07) is 1.77. The van der Waals surface area contributed by atoms with Crippen molar-refractivity contribution in [1.82, 2.24) is 9.66 Å². The number of aromatic hydroxyl groups is 2. The van der Waals surface area contributed by atoms with Crippen LogP contribution in [-0.4, -0.2) is 40.2 Å². The summed E-state index contributed by atoms with van der Waals surface area (Å²) in [5.41, 5.74) is 2.06. The normalized spacial score (nSPS) is 11.8. The Balaban J connectivity index is 2.23. The van der Waals surface area contributed by atoms with Crippen molar-refractivity contribution >= 4 is 17.4 Å². The summed E-state index contributed by atoms with van der Waals surface area (Å²) in [6.45, 7) is 2.20. The Bertz CT molecular complexity index is 780. The molecule has 0 bridgehead atoms. The van der Waals surface area contributed by atoms with Crippen LogP contribution in [0.5, 0.6) is 11.8 Å². The van der Waals surface area contributed by atoms with Crippen molar-refractivity contribution in [2.45, 2.75) is 19.7 Å². The Morgan fingerprint density at radius 1 is 1.23 bits per heavy atom. The number of alkyl halides is 3. The third-order valence-electron chi connectivity index (χ3n) is 3.54. The van der Waals surface area contributed by atoms with E-state index in [-0.39, 0.29) is 30.8 Å². The average Bonchev–Trinajstić information content (AvgIpc) is 2.75. The zero-order valence-corrected chi connectivity index (χ0v) is 14.6. The molecule has 26 heavy (non-hydrogen) atoms. The topological polar surface area (TPSA) is 88.8 Å². The zero-order chi connectivity index (χ0) is 19.5. The molecule has 0 saturated carbocycles. The van der Waals surface area contributed by atoms with Crippen LogP contribution in [0.1, 0.15) is 16.7 Å². The van der Waals surface area contributed by atoms with Gasteiger partial charge in [0.25, 0.3) is 0 Å². The summed E-state index contributed by atoms with van der Waals surface area (Å²) >= 11 is 5.56. The van der Waals surface area contributed by atoms with Gasteiger partial charge in [0.15, 0.2) is 0 Å². The third kappa shape index (κ3) is 4.32. The first-order valence-electron chi connectivity index (χ1n) is 7.36. The van der Waals surface area contributed by atoms with E-state index in [1.165, 1.54) is 7.11 Å². The SMILES string of the molecule is COCCOCc1c(C)c(O)n(Nc2ccc(C(F)(F)F)c(Cl)n2)c1O. The Kier molecular flexibility index (Phi) is 6.21. The van der Waals surface area contributed by atoms with E-state index in [1.807, 2.05) is 0 Å². The molecule has 11 heteroatoms. The second-order valence-corrected chi connectivity index (χ2v) is 5.63. The van der Waals surface area contributed by atoms with Crippen LogP contribution in [0.3, 0.4) is 0 Å². The van der Waals surface area contributed by atoms with E-state index in [2.05, 4.69) is 10.4 Å². The van der Waals surface area contributed by atoms with Gasteiger partial charge >= 0.3 is 6.18 Å². The second-order valence-electron chi connectivity index (χ2n) is 5.28. The van der Waals surface area contributed by atoms with E-state index < -0.39 is 16.9 Å². The van der Waals surface area contributed by atoms with Gasteiger partial charge in [-0.3, -0.25) is 5.43 Å². The van der Waals surface area contributed by atoms with Crippen molar-refractivity contribution in [3.8, 4) is 11.8 Å². The maximum atomic E-state index is 12.7. The van der Waals surface area contributed by atoms with Crippen molar-refractivity contribution in [1.29, 1.82) is 0 Å². The molecular weight excluding hydrogens is 379 g/mol. The summed E-state index contributed by atoms with van der Waals surface area (Å²) in [5, 5.41) is 19.6. The highest BCUT2D eigenvalue weighted by Gasteiger charge is 2.34. The van der Waals surface area contributed by atoms with Crippen molar-refractivity contribution < 1.29 is 32.9 Å². The molecule has 0 aliphatic carbocycles. The molecule has 2 heterocycles. The van der Waals surface area contributed by atoms with Crippen molar-refractivity contribution in [2.75, 3.05) is 25.7 Å². The van der Waals surface area contributed by atoms with Gasteiger partial charge in [0.1, 0.15) is 11.0 Å². The number of methoxy groups -OCH3 is 1. The van der Waals surface area contributed by atoms with Gasteiger partial charge < -0.3 is 19.7 Å². The molecule has 3 N–H and O–H groups in total. The Morgan fingerprint density at radius 3 is 2.50 bits per heavy atom. The number of hydrogen-bond acceptors (Lipinski definition) is 6. The molecule has 0 spiro atoms. The molecule has 0 atom stereocenters. The standard InChI is InChI=1S/C15H17ClF3N3O4/c1-8-9(7-26-6-5-25-2)14(24)22(13(8)23)21-11-4-3-10(12(16)20-11)15(17,18)19/h3-4,23-24H,5-7H2,1-2H3,(H,20,21). The van der Waals surface area contributed by atoms with E-state index in [0.29, 0.717) is 17.7 Å². The summed E-state index contributed by atoms with van der Waals surface area (Å²) in [5.74, 6) is -0.809. The smallest absolute Gasteiger partial charge is 0.419 e. The fraction of sp³-hybridized carbons (Fsp3) is 0.400. The molecule has 0 aliphatic heterocycles. The van der Waals surface area contributed by atoms with Crippen LogP contribution in [0.2, 0.25) is 5.15 Å². The first-order valence-corrected chi connectivity index (χ1v) is 7.74. The Hall–Kier alpha value is -2.17. The molecule has 0 radical (unpaired) electrons. The summed E-state index contributed by atoms with van der Waals surface area (Å²) in [7, 11) is 1.51. The largest absolute Gasteiger partial charge is 0.493 e. The molecular formula is C15H17ClF3N3O4. The predicted molar refractivity (Wildman–Crippen MR) is 87.3 cm³/mol. The van der Waals surface area contributed by atoms with Crippen LogP contribution in [0.25, 0.3) is 0 Å². The third-order valence-corrected chi connectivity index (χ3v) is 3.83. The van der Waals surface area contributed by atoms with E-state index in [9.17, 15) is 23.4 Å². The van der Waals surface area contributed by atoms with Crippen molar-refractivity contribution in [2.24, 2.45) is 0 Å². The lowest BCUT2D eigenvalue weighted by Crippen LogP contribution is -2.12. The number of hydrogen-bond donors (Lipinski definition) is 3. The molecule has 0 aromatic carbocycles. The highest BCUT2D eigenvalue weighted by Crippen LogP contribution is 2.36. The number of rotatable bonds is 7. The molecule has 7 nitrogen and oxygen atoms in total. The minimum atomic E-state index is -4.64. The van der Waals surface area contributed by atoms with E-state index in [1.54, 1.807) is 6.92 Å². The van der Waals surface area contributed by atoms with Crippen LogP contribution in [0, 0.1) is 6.92 Å². The zero-order valence-electron chi connectivity index (χ0n) is 13.9. The molecule has 0 unspecified atom stereocenters. The average molecular weight is 396 g/mol. The first kappa shape index (κ1) is 20.1. The highest BCUT2D eigenvalue weighted by atomic mass is 35.5. The lowest BCUT2D eigenvalue weighted by atomic mass is 10.2. The Morgan fingerprint density at radius 2 is 1.92 bits per heavy atom. The van der Waals surface area contributed by atoms with E-state index in [0.717, 1.165) is 16.8 Å². The number of pyridine rings is 1. The van der Waals surface area contributed by atoms with E-state index >= 15 is 0 Å². The number of ether oxygens (including phenoxy) is 2. The molecule has 0 fully saturated rings. The summed E-state index contributed by atoms with van der Waals surface area (Å²) in [4.78, 5) is 3.59. The lowest BCUT2D eigenvalue weighted by Gasteiger charge is -2.12. The van der Waals surface area contributed by atoms with Gasteiger partial charge in [0, 0.05) is 18.2 Å². The summed E-state index contributed by atoms with van der Waals surface area (Å²) < 4.78 is 49.2. The number of anilines is 1. The van der Waals surface area contributed by atoms with Crippen LogP contribution in [0.15, 0.2) is 12.1 Å². The number of nitrogens with one attached hydrogen (secondary N) is 1. The van der Waals surface area contributed by atoms with Gasteiger partial charge in [-0.05, 0) is 19.1 Å². The van der Waals surface area contributed by atoms with Crippen molar-refractivity contribution in [3.63, 3.8) is 0 Å². The van der Waals surface area contributed by atoms with Gasteiger partial charge in [0.05, 0.1) is 25.4 Å². The maximum Gasteiger partial charge on any atom is 0.419 e. The lowest BCUT2D eigenvalue weighted by molar-refractivity contribution is -0.137. The van der Waals surface area contributed by atoms with Crippen LogP contribution < -0.4 is 5.43 Å². The van der Waals surface area contributed by atoms with Gasteiger partial charge in [-0.2, -0.15) is 17.8 Å². The minimum absolute atomic E-state index is 0.00443. The molecule has 0 aliphatic rings. The summed E-state index contributed by atoms with van der Waals surface area (Å²) in [6.07, 6.45) is -4.64. The van der Waals surface area contributed by atoms with Gasteiger partial charge in [-0.25, -0.2) is 4.98 Å². The Labute approximate surface area is 151 Å². The molecule has 2 aromatic rings. The fourth-order valence-electron chi connectivity index (χ4n) is 2.12. The monoisotopic (exact) mass is 395 g/mol. The highest BCUT2D eigenvalue weighted by molar-refractivity contribution is 6.30. The van der Waals surface area contributed by atoms with Gasteiger partial charge in [-0.1, -0.05) is 11.6 Å². The van der Waals surface area contributed by atoms with Gasteiger partial charge in [0.2, 0.25) is 11.8 Å². The molecule has 0 amide bonds. The van der Waals surface area contributed by atoms with Crippen LogP contribution >= 0.6 is 11.6 Å². The van der Waals surface area contributed by atoms with Crippen LogP contribution in [-0.2, 0) is 22.3 Å². The minimum Gasteiger partial charge on any atom is -0.493 e. The predicted octanol–water partition coefficient (Wildman–Crippen LogP) is 3.31. The van der Waals surface area contributed by atoms with Crippen molar-refractivity contribution in [3.05, 3.63) is 34.0 Å². The second kappa shape index (κ2) is 8.02. The fourth-order valence-corrected chi connectivity index (χ4v) is 2.38. The number of halogens is 4. The molecule has 0 saturated heterocycles.